The molecule has 0 saturated heterocycles. The number of nitrogens with one attached hydrogen (secondary N) is 1. The summed E-state index contributed by atoms with van der Waals surface area (Å²) in [4.78, 5) is 6.44. The molecule has 0 aliphatic carbocycles. The molecule has 0 atom stereocenters. The number of aryl methyl sites for hydroxylation is 1. The van der Waals surface area contributed by atoms with Crippen molar-refractivity contribution in [2.24, 2.45) is 7.05 Å². The Hall–Kier alpha value is -0.870. The molecule has 14 heavy (non-hydrogen) atoms. The summed E-state index contributed by atoms with van der Waals surface area (Å²) in [5.41, 5.74) is 1.11. The standard InChI is InChI=1S/C10H20N4/c1-13(2)6-4-5-11-7-10-8-14(3)9-12-10/h8-9,11H,4-7H2,1-3H3. The van der Waals surface area contributed by atoms with Crippen LogP contribution in [0, 0.1) is 0 Å². The van der Waals surface area contributed by atoms with Crippen LogP contribution >= 0.6 is 0 Å². The van der Waals surface area contributed by atoms with Crippen LogP contribution in [0.15, 0.2) is 12.5 Å². The lowest BCUT2D eigenvalue weighted by atomic mass is 10.4. The van der Waals surface area contributed by atoms with E-state index in [-0.39, 0.29) is 0 Å². The smallest absolute Gasteiger partial charge is 0.0947 e. The first kappa shape index (κ1) is 11.2. The highest BCUT2D eigenvalue weighted by molar-refractivity contribution is 4.95. The highest BCUT2D eigenvalue weighted by Crippen LogP contribution is 1.92. The molecule has 80 valence electrons. The van der Waals surface area contributed by atoms with Gasteiger partial charge < -0.3 is 14.8 Å². The molecule has 0 saturated carbocycles. The van der Waals surface area contributed by atoms with Gasteiger partial charge >= 0.3 is 0 Å². The summed E-state index contributed by atoms with van der Waals surface area (Å²) in [7, 11) is 6.18. The summed E-state index contributed by atoms with van der Waals surface area (Å²) in [5.74, 6) is 0. The van der Waals surface area contributed by atoms with Gasteiger partial charge in [-0.15, -0.1) is 0 Å². The average molecular weight is 196 g/mol. The lowest BCUT2D eigenvalue weighted by Crippen LogP contribution is -2.21. The van der Waals surface area contributed by atoms with Crippen LogP contribution in [0.1, 0.15) is 12.1 Å². The van der Waals surface area contributed by atoms with Gasteiger partial charge in [0.25, 0.3) is 0 Å². The Bertz CT molecular complexity index is 254. The van der Waals surface area contributed by atoms with E-state index in [0.717, 1.165) is 25.3 Å². The largest absolute Gasteiger partial charge is 0.340 e. The van der Waals surface area contributed by atoms with Crippen molar-refractivity contribution in [1.29, 1.82) is 0 Å². The van der Waals surface area contributed by atoms with Crippen LogP contribution < -0.4 is 5.32 Å². The molecule has 1 N–H and O–H groups in total. The van der Waals surface area contributed by atoms with Crippen LogP contribution in [-0.4, -0.2) is 41.6 Å². The lowest BCUT2D eigenvalue weighted by Gasteiger charge is -2.08. The van der Waals surface area contributed by atoms with E-state index in [2.05, 4.69) is 29.3 Å². The quantitative estimate of drug-likeness (QED) is 0.671. The number of hydrogen-bond donors (Lipinski definition) is 1. The van der Waals surface area contributed by atoms with Gasteiger partial charge in [-0.3, -0.25) is 0 Å². The predicted molar refractivity (Wildman–Crippen MR) is 58.1 cm³/mol. The predicted octanol–water partition coefficient (Wildman–Crippen LogP) is 0.461. The van der Waals surface area contributed by atoms with Gasteiger partial charge in [-0.1, -0.05) is 0 Å². The molecule has 1 rings (SSSR count). The van der Waals surface area contributed by atoms with E-state index >= 15 is 0 Å². The molecule has 0 fully saturated rings. The first-order chi connectivity index (χ1) is 6.68. The summed E-state index contributed by atoms with van der Waals surface area (Å²) in [6.45, 7) is 3.05. The van der Waals surface area contributed by atoms with Crippen molar-refractivity contribution in [3.63, 3.8) is 0 Å². The van der Waals surface area contributed by atoms with Crippen molar-refractivity contribution >= 4 is 0 Å². The molecule has 0 aliphatic heterocycles. The molecule has 4 nitrogen and oxygen atoms in total. The average Bonchev–Trinajstić information content (AvgIpc) is 2.50. The maximum Gasteiger partial charge on any atom is 0.0947 e. The minimum absolute atomic E-state index is 0.869. The molecule has 0 radical (unpaired) electrons. The Morgan fingerprint density at radius 2 is 2.29 bits per heavy atom. The molecule has 0 amide bonds. The fourth-order valence-corrected chi connectivity index (χ4v) is 1.29. The van der Waals surface area contributed by atoms with Crippen LogP contribution in [-0.2, 0) is 13.6 Å². The third-order valence-corrected chi connectivity index (χ3v) is 2.02. The Labute approximate surface area is 85.9 Å². The monoisotopic (exact) mass is 196 g/mol. The van der Waals surface area contributed by atoms with Crippen LogP contribution in [0.4, 0.5) is 0 Å². The van der Waals surface area contributed by atoms with E-state index in [1.807, 2.05) is 24.1 Å². The molecular weight excluding hydrogens is 176 g/mol. The minimum Gasteiger partial charge on any atom is -0.340 e. The summed E-state index contributed by atoms with van der Waals surface area (Å²) in [6, 6.07) is 0. The number of hydrogen-bond acceptors (Lipinski definition) is 3. The second kappa shape index (κ2) is 5.78. The fourth-order valence-electron chi connectivity index (χ4n) is 1.29. The maximum absolute atomic E-state index is 4.24. The first-order valence-electron chi connectivity index (χ1n) is 5.01. The molecule has 0 bridgehead atoms. The highest BCUT2D eigenvalue weighted by atomic mass is 15.1. The van der Waals surface area contributed by atoms with Crippen molar-refractivity contribution in [1.82, 2.24) is 19.8 Å². The maximum atomic E-state index is 4.24. The highest BCUT2D eigenvalue weighted by Gasteiger charge is 1.95. The summed E-state index contributed by atoms with van der Waals surface area (Å²) in [6.07, 6.45) is 5.05. The van der Waals surface area contributed by atoms with Gasteiger partial charge in [0.1, 0.15) is 0 Å². The molecule has 0 spiro atoms. The molecule has 4 heteroatoms. The molecule has 1 heterocycles. The van der Waals surface area contributed by atoms with E-state index < -0.39 is 0 Å². The topological polar surface area (TPSA) is 33.1 Å². The van der Waals surface area contributed by atoms with E-state index in [4.69, 9.17) is 0 Å². The summed E-state index contributed by atoms with van der Waals surface area (Å²) in [5, 5.41) is 3.37. The van der Waals surface area contributed by atoms with Crippen LogP contribution in [0.25, 0.3) is 0 Å². The normalized spacial score (nSPS) is 11.1. The Kier molecular flexibility index (Phi) is 4.62. The third kappa shape index (κ3) is 4.39. The minimum atomic E-state index is 0.869. The van der Waals surface area contributed by atoms with Crippen molar-refractivity contribution in [3.8, 4) is 0 Å². The van der Waals surface area contributed by atoms with Gasteiger partial charge in [-0.25, -0.2) is 4.98 Å². The van der Waals surface area contributed by atoms with Crippen LogP contribution in [0.2, 0.25) is 0 Å². The fraction of sp³-hybridized carbons (Fsp3) is 0.700. The Morgan fingerprint density at radius 3 is 2.86 bits per heavy atom. The van der Waals surface area contributed by atoms with Gasteiger partial charge in [0, 0.05) is 19.8 Å². The SMILES string of the molecule is CN(C)CCCNCc1cn(C)cn1. The lowest BCUT2D eigenvalue weighted by molar-refractivity contribution is 0.394. The van der Waals surface area contributed by atoms with Crippen LogP contribution in [0.3, 0.4) is 0 Å². The van der Waals surface area contributed by atoms with Crippen molar-refractivity contribution in [2.45, 2.75) is 13.0 Å². The van der Waals surface area contributed by atoms with Crippen molar-refractivity contribution < 1.29 is 0 Å². The first-order valence-corrected chi connectivity index (χ1v) is 5.01. The zero-order valence-corrected chi connectivity index (χ0v) is 9.32. The zero-order valence-electron chi connectivity index (χ0n) is 9.32. The molecular formula is C10H20N4. The second-order valence-electron chi connectivity index (χ2n) is 3.86. The number of rotatable bonds is 6. The molecule has 0 aromatic carbocycles. The van der Waals surface area contributed by atoms with Crippen molar-refractivity contribution in [2.75, 3.05) is 27.2 Å². The Morgan fingerprint density at radius 1 is 1.50 bits per heavy atom. The number of aromatic nitrogens is 2. The summed E-state index contributed by atoms with van der Waals surface area (Å²) >= 11 is 0. The molecule has 1 aromatic heterocycles. The van der Waals surface area contributed by atoms with Crippen LogP contribution in [0.5, 0.6) is 0 Å². The number of imidazole rings is 1. The van der Waals surface area contributed by atoms with Crippen molar-refractivity contribution in [3.05, 3.63) is 18.2 Å². The second-order valence-corrected chi connectivity index (χ2v) is 3.86. The zero-order chi connectivity index (χ0) is 10.4. The molecule has 0 unspecified atom stereocenters. The number of nitrogens with zero attached hydrogens (tertiary/aromatic N) is 3. The molecule has 1 aromatic rings. The van der Waals surface area contributed by atoms with Gasteiger partial charge in [0.15, 0.2) is 0 Å². The van der Waals surface area contributed by atoms with Gasteiger partial charge in [0.2, 0.25) is 0 Å². The van der Waals surface area contributed by atoms with Gasteiger partial charge in [0.05, 0.1) is 12.0 Å². The van der Waals surface area contributed by atoms with E-state index in [1.54, 1.807) is 0 Å². The summed E-state index contributed by atoms with van der Waals surface area (Å²) < 4.78 is 1.97. The van der Waals surface area contributed by atoms with E-state index in [0.29, 0.717) is 0 Å². The van der Waals surface area contributed by atoms with E-state index in [9.17, 15) is 0 Å². The van der Waals surface area contributed by atoms with E-state index in [1.165, 1.54) is 6.42 Å². The van der Waals surface area contributed by atoms with Gasteiger partial charge in [-0.05, 0) is 33.6 Å². The Balaban J connectivity index is 2.04. The third-order valence-electron chi connectivity index (χ3n) is 2.02. The van der Waals surface area contributed by atoms with Gasteiger partial charge in [-0.2, -0.15) is 0 Å². The molecule has 0 aliphatic rings.